The van der Waals surface area contributed by atoms with Crippen molar-refractivity contribution in [3.8, 4) is 11.5 Å². The van der Waals surface area contributed by atoms with Crippen molar-refractivity contribution >= 4 is 15.9 Å². The van der Waals surface area contributed by atoms with Crippen LogP contribution in [0.2, 0.25) is 0 Å². The Labute approximate surface area is 86.0 Å². The Morgan fingerprint density at radius 3 is 2.77 bits per heavy atom. The number of ether oxygens (including phenoxy) is 2. The van der Waals surface area contributed by atoms with Crippen LogP contribution in [-0.2, 0) is 0 Å². The van der Waals surface area contributed by atoms with Crippen LogP contribution in [0.3, 0.4) is 0 Å². The number of hydrogen-bond donors (Lipinski definition) is 1. The zero-order valence-electron chi connectivity index (χ0n) is 7.42. The Balaban J connectivity index is 2.71. The first-order valence-corrected chi connectivity index (χ1v) is 4.73. The lowest BCUT2D eigenvalue weighted by atomic mass is 10.3. The van der Waals surface area contributed by atoms with Crippen molar-refractivity contribution in [2.45, 2.75) is 0 Å². The zero-order chi connectivity index (χ0) is 9.68. The fourth-order valence-corrected chi connectivity index (χ4v) is 1.43. The van der Waals surface area contributed by atoms with E-state index >= 15 is 0 Å². The van der Waals surface area contributed by atoms with E-state index in [0.717, 1.165) is 16.0 Å². The largest absolute Gasteiger partial charge is 0.496 e. The second kappa shape index (κ2) is 5.09. The molecule has 72 valence electrons. The van der Waals surface area contributed by atoms with Gasteiger partial charge in [0.2, 0.25) is 0 Å². The second-order valence-electron chi connectivity index (χ2n) is 2.43. The minimum absolute atomic E-state index is 0.518. The van der Waals surface area contributed by atoms with Crippen molar-refractivity contribution in [2.75, 3.05) is 20.3 Å². The van der Waals surface area contributed by atoms with Crippen molar-refractivity contribution in [2.24, 2.45) is 5.73 Å². The van der Waals surface area contributed by atoms with Gasteiger partial charge in [0.1, 0.15) is 18.1 Å². The van der Waals surface area contributed by atoms with Gasteiger partial charge in [-0.2, -0.15) is 0 Å². The highest BCUT2D eigenvalue weighted by molar-refractivity contribution is 9.10. The Bertz CT molecular complexity index is 278. The fourth-order valence-electron chi connectivity index (χ4n) is 0.914. The van der Waals surface area contributed by atoms with Crippen LogP contribution in [0.5, 0.6) is 11.5 Å². The van der Waals surface area contributed by atoms with E-state index < -0.39 is 0 Å². The van der Waals surface area contributed by atoms with Gasteiger partial charge in [-0.3, -0.25) is 0 Å². The summed E-state index contributed by atoms with van der Waals surface area (Å²) in [6.07, 6.45) is 0. The van der Waals surface area contributed by atoms with Gasteiger partial charge in [-0.1, -0.05) is 0 Å². The number of methoxy groups -OCH3 is 1. The first-order chi connectivity index (χ1) is 6.27. The molecule has 0 radical (unpaired) electrons. The van der Waals surface area contributed by atoms with Gasteiger partial charge in [0, 0.05) is 6.54 Å². The molecule has 0 aliphatic carbocycles. The van der Waals surface area contributed by atoms with E-state index in [4.69, 9.17) is 15.2 Å². The highest BCUT2D eigenvalue weighted by Gasteiger charge is 2.00. The number of nitrogens with two attached hydrogens (primary N) is 1. The molecule has 0 spiro atoms. The van der Waals surface area contributed by atoms with Gasteiger partial charge < -0.3 is 15.2 Å². The summed E-state index contributed by atoms with van der Waals surface area (Å²) >= 11 is 3.36. The van der Waals surface area contributed by atoms with Crippen molar-refractivity contribution in [3.63, 3.8) is 0 Å². The summed E-state index contributed by atoms with van der Waals surface area (Å²) in [5.41, 5.74) is 5.31. The molecule has 0 saturated heterocycles. The van der Waals surface area contributed by atoms with Gasteiger partial charge in [0.15, 0.2) is 0 Å². The summed E-state index contributed by atoms with van der Waals surface area (Å²) in [6, 6.07) is 5.55. The quantitative estimate of drug-likeness (QED) is 0.880. The molecular weight excluding hydrogens is 234 g/mol. The second-order valence-corrected chi connectivity index (χ2v) is 3.29. The van der Waals surface area contributed by atoms with E-state index in [1.54, 1.807) is 7.11 Å². The van der Waals surface area contributed by atoms with Crippen LogP contribution < -0.4 is 15.2 Å². The maximum Gasteiger partial charge on any atom is 0.133 e. The van der Waals surface area contributed by atoms with Crippen LogP contribution >= 0.6 is 15.9 Å². The third-order valence-electron chi connectivity index (χ3n) is 1.51. The van der Waals surface area contributed by atoms with Crippen molar-refractivity contribution in [3.05, 3.63) is 22.7 Å². The molecule has 4 heteroatoms. The van der Waals surface area contributed by atoms with E-state index in [1.165, 1.54) is 0 Å². The van der Waals surface area contributed by atoms with Crippen LogP contribution in [0, 0.1) is 0 Å². The van der Waals surface area contributed by atoms with Gasteiger partial charge in [0.05, 0.1) is 11.6 Å². The predicted molar refractivity (Wildman–Crippen MR) is 55.2 cm³/mol. The topological polar surface area (TPSA) is 44.5 Å². The average molecular weight is 246 g/mol. The minimum atomic E-state index is 0.518. The van der Waals surface area contributed by atoms with Gasteiger partial charge in [-0.05, 0) is 34.1 Å². The summed E-state index contributed by atoms with van der Waals surface area (Å²) in [6.45, 7) is 1.04. The number of halogens is 1. The molecule has 0 bridgehead atoms. The molecular formula is C9H12BrNO2. The average Bonchev–Trinajstić information content (AvgIpc) is 2.15. The van der Waals surface area contributed by atoms with Crippen LogP contribution in [0.1, 0.15) is 0 Å². The lowest BCUT2D eigenvalue weighted by molar-refractivity contribution is 0.327. The third-order valence-corrected chi connectivity index (χ3v) is 2.13. The third kappa shape index (κ3) is 2.90. The number of rotatable bonds is 4. The number of benzene rings is 1. The lowest BCUT2D eigenvalue weighted by Gasteiger charge is -2.07. The van der Waals surface area contributed by atoms with Crippen LogP contribution in [-0.4, -0.2) is 20.3 Å². The van der Waals surface area contributed by atoms with E-state index in [1.807, 2.05) is 18.2 Å². The Kier molecular flexibility index (Phi) is 4.05. The molecule has 0 fully saturated rings. The Morgan fingerprint density at radius 1 is 1.46 bits per heavy atom. The molecule has 3 nitrogen and oxygen atoms in total. The van der Waals surface area contributed by atoms with Crippen LogP contribution in [0.25, 0.3) is 0 Å². The molecule has 1 aromatic rings. The molecule has 13 heavy (non-hydrogen) atoms. The fraction of sp³-hybridized carbons (Fsp3) is 0.333. The van der Waals surface area contributed by atoms with Gasteiger partial charge >= 0.3 is 0 Å². The highest BCUT2D eigenvalue weighted by Crippen LogP contribution is 2.28. The number of hydrogen-bond acceptors (Lipinski definition) is 3. The smallest absolute Gasteiger partial charge is 0.133 e. The maximum absolute atomic E-state index is 5.32. The molecule has 0 unspecified atom stereocenters. The molecule has 0 saturated carbocycles. The van der Waals surface area contributed by atoms with E-state index in [0.29, 0.717) is 13.2 Å². The molecule has 0 heterocycles. The van der Waals surface area contributed by atoms with E-state index in [9.17, 15) is 0 Å². The summed E-state index contributed by atoms with van der Waals surface area (Å²) in [4.78, 5) is 0. The van der Waals surface area contributed by atoms with Gasteiger partial charge in [-0.25, -0.2) is 0 Å². The first kappa shape index (κ1) is 10.3. The van der Waals surface area contributed by atoms with E-state index in [-0.39, 0.29) is 0 Å². The molecule has 2 N–H and O–H groups in total. The molecule has 0 aliphatic rings. The van der Waals surface area contributed by atoms with Crippen molar-refractivity contribution in [1.29, 1.82) is 0 Å². The van der Waals surface area contributed by atoms with Crippen LogP contribution in [0.4, 0.5) is 0 Å². The molecule has 0 aromatic heterocycles. The Hall–Kier alpha value is -0.740. The standard InChI is InChI=1S/C9H12BrNO2/c1-12-9-3-2-7(6-8(9)10)13-5-4-11/h2-3,6H,4-5,11H2,1H3. The monoisotopic (exact) mass is 245 g/mol. The first-order valence-electron chi connectivity index (χ1n) is 3.94. The summed E-state index contributed by atoms with van der Waals surface area (Å²) in [5, 5.41) is 0. The minimum Gasteiger partial charge on any atom is -0.496 e. The Morgan fingerprint density at radius 2 is 2.23 bits per heavy atom. The van der Waals surface area contributed by atoms with Gasteiger partial charge in [-0.15, -0.1) is 0 Å². The zero-order valence-corrected chi connectivity index (χ0v) is 9.00. The lowest BCUT2D eigenvalue weighted by Crippen LogP contribution is -2.10. The van der Waals surface area contributed by atoms with Crippen molar-refractivity contribution < 1.29 is 9.47 Å². The van der Waals surface area contributed by atoms with Crippen LogP contribution in [0.15, 0.2) is 22.7 Å². The molecule has 0 atom stereocenters. The predicted octanol–water partition coefficient (Wildman–Crippen LogP) is 1.80. The molecule has 1 rings (SSSR count). The maximum atomic E-state index is 5.32. The normalized spacial score (nSPS) is 9.77. The molecule has 0 amide bonds. The van der Waals surface area contributed by atoms with Gasteiger partial charge in [0.25, 0.3) is 0 Å². The highest BCUT2D eigenvalue weighted by atomic mass is 79.9. The summed E-state index contributed by atoms with van der Waals surface area (Å²) < 4.78 is 11.3. The summed E-state index contributed by atoms with van der Waals surface area (Å²) in [7, 11) is 1.63. The molecule has 0 aliphatic heterocycles. The van der Waals surface area contributed by atoms with E-state index in [2.05, 4.69) is 15.9 Å². The summed E-state index contributed by atoms with van der Waals surface area (Å²) in [5.74, 6) is 1.58. The SMILES string of the molecule is COc1ccc(OCCN)cc1Br. The van der Waals surface area contributed by atoms with Crippen molar-refractivity contribution in [1.82, 2.24) is 0 Å². The molecule has 1 aromatic carbocycles.